The van der Waals surface area contributed by atoms with Crippen molar-refractivity contribution in [3.63, 3.8) is 0 Å². The summed E-state index contributed by atoms with van der Waals surface area (Å²) in [4.78, 5) is 2.46. The highest BCUT2D eigenvalue weighted by Crippen LogP contribution is 2.20. The van der Waals surface area contributed by atoms with E-state index in [9.17, 15) is 4.39 Å². The molecule has 0 aliphatic carbocycles. The number of halogens is 1. The first kappa shape index (κ1) is 10.6. The summed E-state index contributed by atoms with van der Waals surface area (Å²) in [7, 11) is 0. The summed E-state index contributed by atoms with van der Waals surface area (Å²) >= 11 is 0. The molecule has 0 bridgehead atoms. The fourth-order valence-corrected chi connectivity index (χ4v) is 2.36. The molecule has 2 heteroatoms. The van der Waals surface area contributed by atoms with Gasteiger partial charge in [-0.1, -0.05) is 19.1 Å². The Kier molecular flexibility index (Phi) is 3.37. The number of likely N-dealkylation sites (tertiary alicyclic amines) is 1. The van der Waals surface area contributed by atoms with E-state index in [1.165, 1.54) is 25.6 Å². The molecule has 0 aromatic heterocycles. The number of rotatable bonds is 3. The van der Waals surface area contributed by atoms with Gasteiger partial charge in [-0.3, -0.25) is 0 Å². The Balaban J connectivity index is 1.92. The van der Waals surface area contributed by atoms with Crippen molar-refractivity contribution in [1.82, 2.24) is 4.90 Å². The zero-order chi connectivity index (χ0) is 10.7. The van der Waals surface area contributed by atoms with Crippen LogP contribution in [-0.4, -0.2) is 24.5 Å². The topological polar surface area (TPSA) is 3.24 Å². The molecular weight excluding hydrogens is 189 g/mol. The maximum Gasteiger partial charge on any atom is 0.123 e. The van der Waals surface area contributed by atoms with E-state index in [4.69, 9.17) is 0 Å². The van der Waals surface area contributed by atoms with Gasteiger partial charge >= 0.3 is 0 Å². The minimum atomic E-state index is -0.113. The third-order valence-corrected chi connectivity index (χ3v) is 3.23. The van der Waals surface area contributed by atoms with Gasteiger partial charge in [-0.05, 0) is 49.5 Å². The van der Waals surface area contributed by atoms with Gasteiger partial charge in [0.25, 0.3) is 0 Å². The van der Waals surface area contributed by atoms with Gasteiger partial charge in [0.2, 0.25) is 0 Å². The molecule has 0 spiro atoms. The lowest BCUT2D eigenvalue weighted by Gasteiger charge is -2.13. The lowest BCUT2D eigenvalue weighted by Crippen LogP contribution is -2.20. The van der Waals surface area contributed by atoms with Crippen molar-refractivity contribution in [1.29, 1.82) is 0 Å². The van der Waals surface area contributed by atoms with E-state index in [1.807, 2.05) is 6.07 Å². The lowest BCUT2D eigenvalue weighted by atomic mass is 9.99. The fourth-order valence-electron chi connectivity index (χ4n) is 2.36. The van der Waals surface area contributed by atoms with Crippen LogP contribution in [0.3, 0.4) is 0 Å². The van der Waals surface area contributed by atoms with Crippen LogP contribution in [0.2, 0.25) is 0 Å². The van der Waals surface area contributed by atoms with Crippen molar-refractivity contribution < 1.29 is 4.39 Å². The second kappa shape index (κ2) is 4.75. The van der Waals surface area contributed by atoms with Crippen LogP contribution in [0.25, 0.3) is 0 Å². The number of hydrogen-bond donors (Lipinski definition) is 0. The second-order valence-electron chi connectivity index (χ2n) is 4.38. The third-order valence-electron chi connectivity index (χ3n) is 3.23. The molecule has 0 amide bonds. The molecule has 1 aromatic rings. The number of hydrogen-bond acceptors (Lipinski definition) is 1. The predicted molar refractivity (Wildman–Crippen MR) is 60.3 cm³/mol. The Bertz CT molecular complexity index is 324. The van der Waals surface area contributed by atoms with Crippen LogP contribution >= 0.6 is 0 Å². The molecule has 1 atom stereocenters. The summed E-state index contributed by atoms with van der Waals surface area (Å²) in [6, 6.07) is 7.00. The average Bonchev–Trinajstić information content (AvgIpc) is 2.65. The molecule has 15 heavy (non-hydrogen) atoms. The summed E-state index contributed by atoms with van der Waals surface area (Å²) in [6.45, 7) is 5.72. The molecule has 82 valence electrons. The summed E-state index contributed by atoms with van der Waals surface area (Å²) in [5.41, 5.74) is 1.14. The Hall–Kier alpha value is -0.890. The van der Waals surface area contributed by atoms with Crippen molar-refractivity contribution >= 4 is 0 Å². The minimum absolute atomic E-state index is 0.113. The van der Waals surface area contributed by atoms with Crippen molar-refractivity contribution in [2.45, 2.75) is 19.8 Å². The van der Waals surface area contributed by atoms with Crippen molar-refractivity contribution in [2.24, 2.45) is 5.92 Å². The smallest absolute Gasteiger partial charge is 0.123 e. The van der Waals surface area contributed by atoms with E-state index in [2.05, 4.69) is 11.8 Å². The van der Waals surface area contributed by atoms with Gasteiger partial charge in [-0.15, -0.1) is 0 Å². The monoisotopic (exact) mass is 207 g/mol. The van der Waals surface area contributed by atoms with Crippen LogP contribution in [0.15, 0.2) is 24.3 Å². The van der Waals surface area contributed by atoms with E-state index in [0.717, 1.165) is 18.5 Å². The van der Waals surface area contributed by atoms with Crippen LogP contribution in [0.4, 0.5) is 4.39 Å². The number of nitrogens with zero attached hydrogens (tertiary/aromatic N) is 1. The molecule has 1 aromatic carbocycles. The summed E-state index contributed by atoms with van der Waals surface area (Å²) in [6.07, 6.45) is 2.28. The number of benzene rings is 1. The van der Waals surface area contributed by atoms with Gasteiger partial charge in [0, 0.05) is 6.54 Å². The Morgan fingerprint density at radius 2 is 2.33 bits per heavy atom. The average molecular weight is 207 g/mol. The van der Waals surface area contributed by atoms with Crippen LogP contribution in [0.5, 0.6) is 0 Å². The van der Waals surface area contributed by atoms with Crippen LogP contribution in [0.1, 0.15) is 18.9 Å². The SMILES string of the molecule is CCN1CC[C@@H](Cc2cccc(F)c2)C1. The normalized spacial score (nSPS) is 22.1. The summed E-state index contributed by atoms with van der Waals surface area (Å²) in [5.74, 6) is 0.601. The Morgan fingerprint density at radius 1 is 1.47 bits per heavy atom. The predicted octanol–water partition coefficient (Wildman–Crippen LogP) is 2.71. The molecule has 1 aliphatic rings. The van der Waals surface area contributed by atoms with Gasteiger partial charge in [0.15, 0.2) is 0 Å². The maximum atomic E-state index is 13.0. The highest BCUT2D eigenvalue weighted by Gasteiger charge is 2.21. The van der Waals surface area contributed by atoms with E-state index in [0.29, 0.717) is 5.92 Å². The van der Waals surface area contributed by atoms with E-state index in [-0.39, 0.29) is 5.82 Å². The van der Waals surface area contributed by atoms with Crippen molar-refractivity contribution in [3.05, 3.63) is 35.6 Å². The van der Waals surface area contributed by atoms with Crippen molar-refractivity contribution in [3.8, 4) is 0 Å². The molecule has 1 saturated heterocycles. The van der Waals surface area contributed by atoms with Crippen molar-refractivity contribution in [2.75, 3.05) is 19.6 Å². The first-order valence-corrected chi connectivity index (χ1v) is 5.74. The zero-order valence-corrected chi connectivity index (χ0v) is 9.25. The minimum Gasteiger partial charge on any atom is -0.303 e. The molecule has 1 fully saturated rings. The lowest BCUT2D eigenvalue weighted by molar-refractivity contribution is 0.342. The quantitative estimate of drug-likeness (QED) is 0.736. The highest BCUT2D eigenvalue weighted by atomic mass is 19.1. The van der Waals surface area contributed by atoms with Gasteiger partial charge in [0.1, 0.15) is 5.82 Å². The largest absolute Gasteiger partial charge is 0.303 e. The molecular formula is C13H18FN. The van der Waals surface area contributed by atoms with Gasteiger partial charge in [0.05, 0.1) is 0 Å². The molecule has 0 saturated carbocycles. The molecule has 0 N–H and O–H groups in total. The molecule has 1 nitrogen and oxygen atoms in total. The standard InChI is InChI=1S/C13H18FN/c1-2-15-7-6-12(10-15)8-11-4-3-5-13(14)9-11/h3-5,9,12H,2,6-8,10H2,1H3/t12-/m0/s1. The second-order valence-corrected chi connectivity index (χ2v) is 4.38. The molecule has 0 radical (unpaired) electrons. The van der Waals surface area contributed by atoms with E-state index >= 15 is 0 Å². The molecule has 2 rings (SSSR count). The fraction of sp³-hybridized carbons (Fsp3) is 0.538. The summed E-state index contributed by atoms with van der Waals surface area (Å²) < 4.78 is 13.0. The molecule has 1 aliphatic heterocycles. The first-order valence-electron chi connectivity index (χ1n) is 5.74. The summed E-state index contributed by atoms with van der Waals surface area (Å²) in [5, 5.41) is 0. The third kappa shape index (κ3) is 2.78. The van der Waals surface area contributed by atoms with Gasteiger partial charge in [-0.2, -0.15) is 0 Å². The van der Waals surface area contributed by atoms with Gasteiger partial charge < -0.3 is 4.90 Å². The van der Waals surface area contributed by atoms with E-state index in [1.54, 1.807) is 12.1 Å². The van der Waals surface area contributed by atoms with E-state index < -0.39 is 0 Å². The molecule has 1 heterocycles. The van der Waals surface area contributed by atoms with Gasteiger partial charge in [-0.25, -0.2) is 4.39 Å². The Morgan fingerprint density at radius 3 is 3.00 bits per heavy atom. The van der Waals surface area contributed by atoms with Crippen LogP contribution in [-0.2, 0) is 6.42 Å². The van der Waals surface area contributed by atoms with Crippen LogP contribution < -0.4 is 0 Å². The highest BCUT2D eigenvalue weighted by molar-refractivity contribution is 5.17. The zero-order valence-electron chi connectivity index (χ0n) is 9.25. The first-order chi connectivity index (χ1) is 7.28. The molecule has 0 unspecified atom stereocenters. The maximum absolute atomic E-state index is 13.0. The van der Waals surface area contributed by atoms with Crippen LogP contribution in [0, 0.1) is 11.7 Å². The Labute approximate surface area is 90.9 Å².